The topological polar surface area (TPSA) is 73.6 Å². The van der Waals surface area contributed by atoms with Crippen LogP contribution in [0.15, 0.2) is 58.1 Å². The van der Waals surface area contributed by atoms with Gasteiger partial charge in [-0.2, -0.15) is 14.6 Å². The van der Waals surface area contributed by atoms with Gasteiger partial charge in [0.25, 0.3) is 11.1 Å². The van der Waals surface area contributed by atoms with Crippen molar-refractivity contribution < 1.29 is 4.74 Å². The molecule has 2 aromatic carbocycles. The fraction of sp³-hybridized carbons (Fsp3) is 0.100. The summed E-state index contributed by atoms with van der Waals surface area (Å²) >= 11 is 7.27. The first kappa shape index (κ1) is 18.3. The first-order valence-electron chi connectivity index (χ1n) is 8.37. The minimum Gasteiger partial charge on any atom is -0.497 e. The number of hydrogen-bond donors (Lipinski definition) is 0. The van der Waals surface area contributed by atoms with E-state index >= 15 is 0 Å². The molecule has 0 atom stereocenters. The van der Waals surface area contributed by atoms with Gasteiger partial charge < -0.3 is 4.74 Å². The lowest BCUT2D eigenvalue weighted by Crippen LogP contribution is -2.28. The van der Waals surface area contributed by atoms with Gasteiger partial charge in [0, 0.05) is 11.4 Å². The first-order chi connectivity index (χ1) is 13.5. The average molecular weight is 412 g/mol. The van der Waals surface area contributed by atoms with Crippen LogP contribution in [-0.4, -0.2) is 21.7 Å². The molecule has 0 bridgehead atoms. The number of halogens is 1. The Morgan fingerprint density at radius 1 is 1.14 bits per heavy atom. The van der Waals surface area contributed by atoms with Crippen LogP contribution < -0.4 is 20.4 Å². The Bertz CT molecular complexity index is 1330. The summed E-state index contributed by atoms with van der Waals surface area (Å²) in [4.78, 5) is 29.4. The number of hydrogen-bond acceptors (Lipinski definition) is 6. The zero-order valence-corrected chi connectivity index (χ0v) is 16.3. The quantitative estimate of drug-likeness (QED) is 0.515. The summed E-state index contributed by atoms with van der Waals surface area (Å²) in [6.07, 6.45) is 1.96. The highest BCUT2D eigenvalue weighted by atomic mass is 35.5. The Morgan fingerprint density at radius 3 is 2.61 bits per heavy atom. The van der Waals surface area contributed by atoms with Crippen LogP contribution in [0.1, 0.15) is 16.8 Å². The molecule has 4 aromatic rings. The van der Waals surface area contributed by atoms with Gasteiger partial charge in [-0.15, -0.1) is 0 Å². The number of aromatic nitrogens is 3. The molecular formula is C20H14ClN3O3S. The lowest BCUT2D eigenvalue weighted by Gasteiger charge is -2.02. The molecule has 28 heavy (non-hydrogen) atoms. The highest BCUT2D eigenvalue weighted by molar-refractivity contribution is 7.15. The van der Waals surface area contributed by atoms with Crippen molar-refractivity contribution in [2.45, 2.75) is 6.42 Å². The van der Waals surface area contributed by atoms with Gasteiger partial charge in [0.1, 0.15) is 11.4 Å². The summed E-state index contributed by atoms with van der Waals surface area (Å²) in [6, 6.07) is 14.5. The van der Waals surface area contributed by atoms with Crippen LogP contribution in [0.3, 0.4) is 0 Å². The predicted molar refractivity (Wildman–Crippen MR) is 109 cm³/mol. The molecule has 4 rings (SSSR count). The van der Waals surface area contributed by atoms with E-state index < -0.39 is 5.56 Å². The number of thiazole rings is 1. The Morgan fingerprint density at radius 2 is 1.89 bits per heavy atom. The van der Waals surface area contributed by atoms with E-state index in [0.717, 1.165) is 22.6 Å². The lowest BCUT2D eigenvalue weighted by atomic mass is 10.1. The maximum atomic E-state index is 12.7. The van der Waals surface area contributed by atoms with E-state index in [1.54, 1.807) is 31.4 Å². The third kappa shape index (κ3) is 3.54. The normalized spacial score (nSPS) is 11.9. The predicted octanol–water partition coefficient (Wildman–Crippen LogP) is 2.31. The number of nitrogens with zero attached hydrogens (tertiary/aromatic N) is 3. The zero-order chi connectivity index (χ0) is 19.7. The van der Waals surface area contributed by atoms with Crippen LogP contribution in [0.4, 0.5) is 0 Å². The fourth-order valence-corrected chi connectivity index (χ4v) is 3.81. The van der Waals surface area contributed by atoms with Crippen molar-refractivity contribution >= 4 is 34.0 Å². The van der Waals surface area contributed by atoms with Crippen LogP contribution in [0, 0.1) is 0 Å². The third-order valence-corrected chi connectivity index (χ3v) is 5.48. The number of fused-ring (bicyclic) bond motifs is 1. The van der Waals surface area contributed by atoms with Crippen LogP contribution in [0.5, 0.6) is 5.75 Å². The molecule has 0 aliphatic rings. The average Bonchev–Trinajstić information content (AvgIpc) is 2.99. The van der Waals surface area contributed by atoms with Gasteiger partial charge >= 0.3 is 0 Å². The molecule has 0 saturated heterocycles. The van der Waals surface area contributed by atoms with E-state index in [0.29, 0.717) is 15.1 Å². The van der Waals surface area contributed by atoms with E-state index in [1.807, 2.05) is 30.3 Å². The highest BCUT2D eigenvalue weighted by Gasteiger charge is 2.12. The molecule has 0 aliphatic carbocycles. The molecule has 140 valence electrons. The number of methoxy groups -OCH3 is 1. The highest BCUT2D eigenvalue weighted by Crippen LogP contribution is 2.15. The minimum atomic E-state index is -0.443. The SMILES string of the molecule is COc1ccc(Cc2nn3c(=O)c(=Cc4ccccc4Cl)sc3nc2=O)cc1. The van der Waals surface area contributed by atoms with Crippen molar-refractivity contribution in [2.24, 2.45) is 0 Å². The molecule has 0 radical (unpaired) electrons. The molecule has 0 saturated carbocycles. The number of ether oxygens (including phenoxy) is 1. The summed E-state index contributed by atoms with van der Waals surface area (Å²) < 4.78 is 6.72. The summed E-state index contributed by atoms with van der Waals surface area (Å²) in [6.45, 7) is 0. The second-order valence-corrected chi connectivity index (χ2v) is 7.44. The van der Waals surface area contributed by atoms with E-state index in [1.165, 1.54) is 4.52 Å². The van der Waals surface area contributed by atoms with Gasteiger partial charge in [-0.25, -0.2) is 0 Å². The van der Waals surface area contributed by atoms with Crippen molar-refractivity contribution in [1.29, 1.82) is 0 Å². The van der Waals surface area contributed by atoms with Crippen molar-refractivity contribution in [3.8, 4) is 5.75 Å². The van der Waals surface area contributed by atoms with E-state index in [2.05, 4.69) is 10.1 Å². The molecular weight excluding hydrogens is 398 g/mol. The standard InChI is InChI=1S/C20H14ClN3O3S/c1-27-14-8-6-12(7-9-14)10-16-18(25)22-20-24(23-16)19(26)17(28-20)11-13-4-2-3-5-15(13)21/h2-9,11H,10H2,1H3. The van der Waals surface area contributed by atoms with Gasteiger partial charge in [-0.3, -0.25) is 9.59 Å². The second kappa shape index (κ2) is 7.53. The van der Waals surface area contributed by atoms with Crippen molar-refractivity contribution in [2.75, 3.05) is 7.11 Å². The van der Waals surface area contributed by atoms with Crippen LogP contribution in [0.25, 0.3) is 11.0 Å². The Hall–Kier alpha value is -3.03. The van der Waals surface area contributed by atoms with Crippen LogP contribution >= 0.6 is 22.9 Å². The summed E-state index contributed by atoms with van der Waals surface area (Å²) in [5, 5.41) is 4.79. The molecule has 0 aliphatic heterocycles. The van der Waals surface area contributed by atoms with Crippen molar-refractivity contribution in [3.05, 3.63) is 95.6 Å². The van der Waals surface area contributed by atoms with Gasteiger partial charge in [-0.05, 0) is 35.4 Å². The van der Waals surface area contributed by atoms with Crippen LogP contribution in [0.2, 0.25) is 5.02 Å². The fourth-order valence-electron chi connectivity index (χ4n) is 2.72. The Kier molecular flexibility index (Phi) is 4.93. The molecule has 0 unspecified atom stereocenters. The van der Waals surface area contributed by atoms with E-state index in [-0.39, 0.29) is 22.6 Å². The maximum Gasteiger partial charge on any atom is 0.296 e. The lowest BCUT2D eigenvalue weighted by molar-refractivity contribution is 0.414. The molecule has 8 heteroatoms. The summed E-state index contributed by atoms with van der Waals surface area (Å²) in [5.74, 6) is 0.724. The Balaban J connectivity index is 1.78. The number of rotatable bonds is 4. The summed E-state index contributed by atoms with van der Waals surface area (Å²) in [5.41, 5.74) is 1.03. The molecule has 0 fully saturated rings. The van der Waals surface area contributed by atoms with Gasteiger partial charge in [0.05, 0.1) is 11.6 Å². The van der Waals surface area contributed by atoms with Crippen molar-refractivity contribution in [1.82, 2.24) is 14.6 Å². The molecule has 0 N–H and O–H groups in total. The van der Waals surface area contributed by atoms with Gasteiger partial charge in [-0.1, -0.05) is 53.3 Å². The minimum absolute atomic E-state index is 0.210. The van der Waals surface area contributed by atoms with E-state index in [4.69, 9.17) is 16.3 Å². The molecule has 0 spiro atoms. The third-order valence-electron chi connectivity index (χ3n) is 4.17. The largest absolute Gasteiger partial charge is 0.497 e. The Labute approximate surface area is 168 Å². The monoisotopic (exact) mass is 411 g/mol. The molecule has 2 aromatic heterocycles. The second-order valence-electron chi connectivity index (χ2n) is 6.02. The molecule has 2 heterocycles. The first-order valence-corrected chi connectivity index (χ1v) is 9.56. The maximum absolute atomic E-state index is 12.7. The zero-order valence-electron chi connectivity index (χ0n) is 14.8. The molecule has 0 amide bonds. The van der Waals surface area contributed by atoms with Gasteiger partial charge in [0.2, 0.25) is 4.96 Å². The van der Waals surface area contributed by atoms with E-state index in [9.17, 15) is 9.59 Å². The van der Waals surface area contributed by atoms with Gasteiger partial charge in [0.15, 0.2) is 0 Å². The van der Waals surface area contributed by atoms with Crippen LogP contribution in [-0.2, 0) is 6.42 Å². The summed E-state index contributed by atoms with van der Waals surface area (Å²) in [7, 11) is 1.59. The smallest absolute Gasteiger partial charge is 0.296 e. The number of benzene rings is 2. The van der Waals surface area contributed by atoms with Crippen molar-refractivity contribution in [3.63, 3.8) is 0 Å². The molecule has 6 nitrogen and oxygen atoms in total.